The fraction of sp³-hybridized carbons (Fsp3) is 0.154. The fourth-order valence-corrected chi connectivity index (χ4v) is 1.84. The highest BCUT2D eigenvalue weighted by Gasteiger charge is 2.14. The standard InChI is InChI=1S/C13H10FN5/c1-17-7-9-4-10(14)2-3-12(9)19-8-18-11(5-15)13(19)6-16/h2-4,8,17H,7H2,1H3. The molecule has 6 heteroatoms. The molecule has 0 saturated heterocycles. The van der Waals surface area contributed by atoms with Crippen LogP contribution in [0.15, 0.2) is 24.5 Å². The lowest BCUT2D eigenvalue weighted by atomic mass is 10.1. The summed E-state index contributed by atoms with van der Waals surface area (Å²) in [7, 11) is 1.74. The zero-order valence-corrected chi connectivity index (χ0v) is 10.2. The van der Waals surface area contributed by atoms with Gasteiger partial charge in [0.05, 0.1) is 5.69 Å². The van der Waals surface area contributed by atoms with Gasteiger partial charge in [0.2, 0.25) is 0 Å². The molecule has 1 aromatic heterocycles. The molecule has 0 spiro atoms. The number of halogens is 1. The summed E-state index contributed by atoms with van der Waals surface area (Å²) in [5.74, 6) is -0.354. The van der Waals surface area contributed by atoms with E-state index in [1.165, 1.54) is 23.0 Å². The Morgan fingerprint density at radius 2 is 2.16 bits per heavy atom. The molecule has 0 saturated carbocycles. The summed E-state index contributed by atoms with van der Waals surface area (Å²) < 4.78 is 14.8. The molecular weight excluding hydrogens is 245 g/mol. The molecule has 0 amide bonds. The molecule has 5 nitrogen and oxygen atoms in total. The zero-order chi connectivity index (χ0) is 13.8. The van der Waals surface area contributed by atoms with Gasteiger partial charge in [-0.3, -0.25) is 4.57 Å². The van der Waals surface area contributed by atoms with E-state index in [4.69, 9.17) is 10.5 Å². The molecule has 0 unspecified atom stereocenters. The summed E-state index contributed by atoms with van der Waals surface area (Å²) in [6.07, 6.45) is 1.39. The molecular formula is C13H10FN5. The first-order valence-electron chi connectivity index (χ1n) is 5.52. The van der Waals surface area contributed by atoms with E-state index in [1.54, 1.807) is 13.1 Å². The fourth-order valence-electron chi connectivity index (χ4n) is 1.84. The van der Waals surface area contributed by atoms with Crippen molar-refractivity contribution in [3.05, 3.63) is 47.3 Å². The monoisotopic (exact) mass is 255 g/mol. The lowest BCUT2D eigenvalue weighted by Crippen LogP contribution is -2.10. The number of rotatable bonds is 3. The Balaban J connectivity index is 2.63. The molecule has 0 fully saturated rings. The highest BCUT2D eigenvalue weighted by atomic mass is 19.1. The van der Waals surface area contributed by atoms with Crippen molar-refractivity contribution >= 4 is 0 Å². The lowest BCUT2D eigenvalue weighted by Gasteiger charge is -2.10. The van der Waals surface area contributed by atoms with Crippen molar-refractivity contribution in [1.29, 1.82) is 10.5 Å². The number of hydrogen-bond acceptors (Lipinski definition) is 4. The van der Waals surface area contributed by atoms with Crippen LogP contribution in [-0.2, 0) is 6.54 Å². The summed E-state index contributed by atoms with van der Waals surface area (Å²) in [5.41, 5.74) is 1.51. The smallest absolute Gasteiger partial charge is 0.177 e. The van der Waals surface area contributed by atoms with Gasteiger partial charge in [0.25, 0.3) is 0 Å². The summed E-state index contributed by atoms with van der Waals surface area (Å²) in [5, 5.41) is 20.9. The van der Waals surface area contributed by atoms with Crippen molar-refractivity contribution in [2.24, 2.45) is 0 Å². The summed E-state index contributed by atoms with van der Waals surface area (Å²) >= 11 is 0. The number of aromatic nitrogens is 2. The molecule has 0 aliphatic carbocycles. The van der Waals surface area contributed by atoms with Crippen molar-refractivity contribution in [2.45, 2.75) is 6.54 Å². The predicted octanol–water partition coefficient (Wildman–Crippen LogP) is 1.47. The first kappa shape index (κ1) is 12.7. The van der Waals surface area contributed by atoms with Crippen molar-refractivity contribution in [3.8, 4) is 17.8 Å². The lowest BCUT2D eigenvalue weighted by molar-refractivity contribution is 0.623. The maximum atomic E-state index is 13.3. The second kappa shape index (κ2) is 5.30. The first-order chi connectivity index (χ1) is 9.21. The Morgan fingerprint density at radius 3 is 2.79 bits per heavy atom. The van der Waals surface area contributed by atoms with Gasteiger partial charge in [-0.15, -0.1) is 0 Å². The van der Waals surface area contributed by atoms with Crippen LogP contribution >= 0.6 is 0 Å². The number of nitrogens with one attached hydrogen (secondary N) is 1. The van der Waals surface area contributed by atoms with Crippen LogP contribution in [0.1, 0.15) is 17.0 Å². The molecule has 1 heterocycles. The van der Waals surface area contributed by atoms with Crippen LogP contribution in [0, 0.1) is 28.5 Å². The second-order valence-corrected chi connectivity index (χ2v) is 3.84. The Bertz CT molecular complexity index is 690. The largest absolute Gasteiger partial charge is 0.316 e. The molecule has 0 atom stereocenters. The highest BCUT2D eigenvalue weighted by molar-refractivity contribution is 5.48. The third-order valence-corrected chi connectivity index (χ3v) is 2.65. The summed E-state index contributed by atoms with van der Waals surface area (Å²) in [6, 6.07) is 8.05. The van der Waals surface area contributed by atoms with Crippen LogP contribution in [0.3, 0.4) is 0 Å². The molecule has 94 valence electrons. The second-order valence-electron chi connectivity index (χ2n) is 3.84. The number of benzene rings is 1. The van der Waals surface area contributed by atoms with Gasteiger partial charge in [-0.1, -0.05) is 0 Å². The van der Waals surface area contributed by atoms with Gasteiger partial charge in [-0.05, 0) is 30.8 Å². The van der Waals surface area contributed by atoms with E-state index in [2.05, 4.69) is 10.3 Å². The number of nitrogens with zero attached hydrogens (tertiary/aromatic N) is 4. The Kier molecular flexibility index (Phi) is 3.56. The van der Waals surface area contributed by atoms with Crippen molar-refractivity contribution in [3.63, 3.8) is 0 Å². The van der Waals surface area contributed by atoms with Gasteiger partial charge in [-0.25, -0.2) is 9.37 Å². The molecule has 2 rings (SSSR count). The van der Waals surface area contributed by atoms with Gasteiger partial charge in [0.1, 0.15) is 24.3 Å². The molecule has 1 N–H and O–H groups in total. The van der Waals surface area contributed by atoms with Crippen LogP contribution in [0.2, 0.25) is 0 Å². The average Bonchev–Trinajstić information content (AvgIpc) is 2.82. The van der Waals surface area contributed by atoms with E-state index < -0.39 is 0 Å². The van der Waals surface area contributed by atoms with Crippen LogP contribution in [0.4, 0.5) is 4.39 Å². The third kappa shape index (κ3) is 2.30. The quantitative estimate of drug-likeness (QED) is 0.901. The van der Waals surface area contributed by atoms with Crippen LogP contribution in [0.25, 0.3) is 5.69 Å². The van der Waals surface area contributed by atoms with E-state index in [-0.39, 0.29) is 17.2 Å². The SMILES string of the molecule is CNCc1cc(F)ccc1-n1cnc(C#N)c1C#N. The van der Waals surface area contributed by atoms with Crippen LogP contribution in [-0.4, -0.2) is 16.6 Å². The number of hydrogen-bond donors (Lipinski definition) is 1. The molecule has 19 heavy (non-hydrogen) atoms. The minimum absolute atomic E-state index is 0.0576. The molecule has 0 radical (unpaired) electrons. The highest BCUT2D eigenvalue weighted by Crippen LogP contribution is 2.19. The van der Waals surface area contributed by atoms with E-state index in [0.717, 1.165) is 0 Å². The van der Waals surface area contributed by atoms with E-state index in [1.807, 2.05) is 12.1 Å². The maximum Gasteiger partial charge on any atom is 0.177 e. The molecule has 1 aromatic carbocycles. The Morgan fingerprint density at radius 1 is 1.37 bits per heavy atom. The Labute approximate surface area is 109 Å². The number of imidazole rings is 1. The average molecular weight is 255 g/mol. The van der Waals surface area contributed by atoms with Gasteiger partial charge in [-0.2, -0.15) is 10.5 Å². The van der Waals surface area contributed by atoms with Gasteiger partial charge < -0.3 is 5.32 Å². The molecule has 0 bridgehead atoms. The minimum atomic E-state index is -0.354. The normalized spacial score (nSPS) is 9.89. The maximum absolute atomic E-state index is 13.3. The van der Waals surface area contributed by atoms with E-state index in [0.29, 0.717) is 17.8 Å². The van der Waals surface area contributed by atoms with Crippen molar-refractivity contribution in [1.82, 2.24) is 14.9 Å². The third-order valence-electron chi connectivity index (χ3n) is 2.65. The van der Waals surface area contributed by atoms with Crippen LogP contribution < -0.4 is 5.32 Å². The van der Waals surface area contributed by atoms with E-state index >= 15 is 0 Å². The predicted molar refractivity (Wildman–Crippen MR) is 65.7 cm³/mol. The molecule has 0 aliphatic heterocycles. The van der Waals surface area contributed by atoms with Crippen LogP contribution in [0.5, 0.6) is 0 Å². The van der Waals surface area contributed by atoms with E-state index in [9.17, 15) is 4.39 Å². The Hall–Kier alpha value is -2.70. The van der Waals surface area contributed by atoms with Gasteiger partial charge in [0, 0.05) is 6.54 Å². The van der Waals surface area contributed by atoms with Gasteiger partial charge >= 0.3 is 0 Å². The number of nitriles is 2. The van der Waals surface area contributed by atoms with Gasteiger partial charge in [0.15, 0.2) is 11.4 Å². The summed E-state index contributed by atoms with van der Waals surface area (Å²) in [4.78, 5) is 3.87. The minimum Gasteiger partial charge on any atom is -0.316 e. The van der Waals surface area contributed by atoms with Crippen molar-refractivity contribution in [2.75, 3.05) is 7.05 Å². The topological polar surface area (TPSA) is 77.4 Å². The van der Waals surface area contributed by atoms with Crippen molar-refractivity contribution < 1.29 is 4.39 Å². The summed E-state index contributed by atoms with van der Waals surface area (Å²) in [6.45, 7) is 0.442. The molecule has 2 aromatic rings. The molecule has 0 aliphatic rings. The first-order valence-corrected chi connectivity index (χ1v) is 5.52. The zero-order valence-electron chi connectivity index (χ0n) is 10.2.